The molecule has 168 valence electrons. The zero-order valence-corrected chi connectivity index (χ0v) is 20.1. The second-order valence-corrected chi connectivity index (χ2v) is 9.55. The maximum atomic E-state index is 13.6. The molecule has 1 aliphatic rings. The molecule has 2 aromatic carbocycles. The molecule has 2 aromatic rings. The summed E-state index contributed by atoms with van der Waals surface area (Å²) < 4.78 is 0.633. The van der Waals surface area contributed by atoms with E-state index in [-0.39, 0.29) is 11.1 Å². The van der Waals surface area contributed by atoms with Crippen molar-refractivity contribution in [2.24, 2.45) is 11.5 Å². The normalized spacial score (nSPS) is 27.9. The number of nitrogens with one attached hydrogen (secondary N) is 1. The molecule has 12 heteroatoms. The largest absolute Gasteiger partial charge is 0.316 e. The number of carbonyl (C=O) groups excluding carboxylic acids is 1. The fourth-order valence-corrected chi connectivity index (χ4v) is 5.90. The fraction of sp³-hybridized carbons (Fsp3) is 0.300. The van der Waals surface area contributed by atoms with E-state index in [1.165, 1.54) is 12.1 Å². The van der Waals surface area contributed by atoms with Crippen LogP contribution >= 0.6 is 31.9 Å². The molecule has 10 nitrogen and oxygen atoms in total. The molecule has 0 radical (unpaired) electrons. The number of ketones is 1. The lowest BCUT2D eigenvalue weighted by Gasteiger charge is -2.49. The van der Waals surface area contributed by atoms with Gasteiger partial charge in [-0.1, -0.05) is 56.1 Å². The van der Waals surface area contributed by atoms with Gasteiger partial charge in [0.2, 0.25) is 5.78 Å². The number of nitro groups is 2. The van der Waals surface area contributed by atoms with Crippen LogP contribution in [0.1, 0.15) is 22.3 Å². The van der Waals surface area contributed by atoms with Crippen LogP contribution in [-0.2, 0) is 15.9 Å². The van der Waals surface area contributed by atoms with Crippen LogP contribution in [-0.4, -0.2) is 33.4 Å². The molecule has 1 fully saturated rings. The van der Waals surface area contributed by atoms with Gasteiger partial charge >= 0.3 is 6.04 Å². The molecule has 0 aliphatic heterocycles. The zero-order chi connectivity index (χ0) is 24.2. The van der Waals surface area contributed by atoms with Gasteiger partial charge in [-0.25, -0.2) is 0 Å². The van der Waals surface area contributed by atoms with Crippen molar-refractivity contribution in [3.05, 3.63) is 87.8 Å². The van der Waals surface area contributed by atoms with Crippen molar-refractivity contribution in [2.75, 3.05) is 0 Å². The molecule has 4 unspecified atom stereocenters. The van der Waals surface area contributed by atoms with Gasteiger partial charge in [0.05, 0.1) is 0 Å². The van der Waals surface area contributed by atoms with Gasteiger partial charge in [0.25, 0.3) is 6.04 Å². The standard InChI is InChI=1S/C20H19Br2N5O5/c1-9-3-5-11(13(21)7-9)19(24)17(27(31)32)15(23)16(26(29)30)18(28)20(19,25)12-6-4-10(2)8-14(12)22/h3-8,16-17,23H,24-25H2,1-2H3. The smallest absolute Gasteiger partial charge is 0.313 e. The summed E-state index contributed by atoms with van der Waals surface area (Å²) in [5.41, 5.74) is 9.35. The predicted octanol–water partition coefficient (Wildman–Crippen LogP) is 2.73. The Morgan fingerprint density at radius 3 is 1.81 bits per heavy atom. The molecule has 3 rings (SSSR count). The van der Waals surface area contributed by atoms with Gasteiger partial charge in [0, 0.05) is 18.8 Å². The highest BCUT2D eigenvalue weighted by atomic mass is 79.9. The summed E-state index contributed by atoms with van der Waals surface area (Å²) in [6.45, 7) is 3.56. The van der Waals surface area contributed by atoms with Crippen LogP contribution in [0.3, 0.4) is 0 Å². The van der Waals surface area contributed by atoms with Crippen LogP contribution in [0.4, 0.5) is 0 Å². The van der Waals surface area contributed by atoms with E-state index >= 15 is 0 Å². The minimum absolute atomic E-state index is 0.0503. The quantitative estimate of drug-likeness (QED) is 0.374. The number of benzene rings is 2. The molecule has 0 saturated heterocycles. The lowest BCUT2D eigenvalue weighted by Crippen LogP contribution is -2.80. The average molecular weight is 569 g/mol. The first-order chi connectivity index (χ1) is 14.8. The van der Waals surface area contributed by atoms with Gasteiger partial charge in [-0.15, -0.1) is 0 Å². The topological polar surface area (TPSA) is 179 Å². The highest BCUT2D eigenvalue weighted by Gasteiger charge is 2.74. The van der Waals surface area contributed by atoms with Gasteiger partial charge in [-0.3, -0.25) is 30.4 Å². The van der Waals surface area contributed by atoms with Gasteiger partial charge in [0.15, 0.2) is 5.71 Å². The summed E-state index contributed by atoms with van der Waals surface area (Å²) in [6.07, 6.45) is 0. The predicted molar refractivity (Wildman–Crippen MR) is 124 cm³/mol. The van der Waals surface area contributed by atoms with Crippen LogP contribution < -0.4 is 11.5 Å². The number of hydrogen-bond acceptors (Lipinski definition) is 8. The van der Waals surface area contributed by atoms with Crippen molar-refractivity contribution >= 4 is 43.4 Å². The van der Waals surface area contributed by atoms with Gasteiger partial charge in [-0.2, -0.15) is 0 Å². The summed E-state index contributed by atoms with van der Waals surface area (Å²) in [4.78, 5) is 35.7. The fourth-order valence-electron chi connectivity index (χ4n) is 4.27. The van der Waals surface area contributed by atoms with Crippen LogP contribution in [0.5, 0.6) is 0 Å². The maximum absolute atomic E-state index is 13.6. The molecule has 0 heterocycles. The number of carbonyl (C=O) groups is 1. The summed E-state index contributed by atoms with van der Waals surface area (Å²) in [6, 6.07) is 5.00. The number of nitrogens with two attached hydrogens (primary N) is 2. The molecule has 0 spiro atoms. The molecule has 0 amide bonds. The van der Waals surface area contributed by atoms with Crippen molar-refractivity contribution in [3.8, 4) is 0 Å². The highest BCUT2D eigenvalue weighted by molar-refractivity contribution is 9.10. The zero-order valence-electron chi connectivity index (χ0n) is 17.0. The third-order valence-electron chi connectivity index (χ3n) is 5.85. The molecule has 32 heavy (non-hydrogen) atoms. The first-order valence-electron chi connectivity index (χ1n) is 9.29. The van der Waals surface area contributed by atoms with Crippen LogP contribution in [0.15, 0.2) is 45.3 Å². The van der Waals surface area contributed by atoms with E-state index < -0.39 is 44.5 Å². The highest BCUT2D eigenvalue weighted by Crippen LogP contribution is 2.49. The second-order valence-electron chi connectivity index (χ2n) is 7.84. The first-order valence-corrected chi connectivity index (χ1v) is 10.9. The van der Waals surface area contributed by atoms with Crippen LogP contribution in [0.25, 0.3) is 0 Å². The van der Waals surface area contributed by atoms with Gasteiger partial charge in [-0.05, 0) is 48.2 Å². The Bertz CT molecular complexity index is 1190. The third-order valence-corrected chi connectivity index (χ3v) is 7.16. The number of nitrogens with zero attached hydrogens (tertiary/aromatic N) is 2. The lowest BCUT2D eigenvalue weighted by molar-refractivity contribution is -0.533. The van der Waals surface area contributed by atoms with E-state index in [0.29, 0.717) is 8.95 Å². The Balaban J connectivity index is 2.52. The number of hydrogen-bond donors (Lipinski definition) is 3. The number of aryl methyl sites for hydroxylation is 2. The molecule has 0 aromatic heterocycles. The minimum Gasteiger partial charge on any atom is -0.313 e. The Labute approximate surface area is 199 Å². The minimum atomic E-state index is -2.42. The van der Waals surface area contributed by atoms with Crippen molar-refractivity contribution in [1.82, 2.24) is 0 Å². The molecule has 5 N–H and O–H groups in total. The number of rotatable bonds is 4. The Morgan fingerprint density at radius 2 is 1.41 bits per heavy atom. The Morgan fingerprint density at radius 1 is 0.938 bits per heavy atom. The Kier molecular flexibility index (Phi) is 6.11. The van der Waals surface area contributed by atoms with E-state index in [4.69, 9.17) is 16.9 Å². The maximum Gasteiger partial charge on any atom is 0.316 e. The van der Waals surface area contributed by atoms with Crippen molar-refractivity contribution in [2.45, 2.75) is 37.0 Å². The summed E-state index contributed by atoms with van der Waals surface area (Å²) in [5, 5.41) is 32.3. The van der Waals surface area contributed by atoms with Crippen molar-refractivity contribution in [1.29, 1.82) is 5.41 Å². The molecular formula is C20H19Br2N5O5. The summed E-state index contributed by atoms with van der Waals surface area (Å²) >= 11 is 6.68. The number of Topliss-reactive ketones (excluding diaryl/α,β-unsaturated/α-hetero) is 1. The van der Waals surface area contributed by atoms with Gasteiger partial charge in [0.1, 0.15) is 11.1 Å². The van der Waals surface area contributed by atoms with E-state index in [0.717, 1.165) is 11.1 Å². The monoisotopic (exact) mass is 567 g/mol. The van der Waals surface area contributed by atoms with Crippen LogP contribution in [0, 0.1) is 39.5 Å². The summed E-state index contributed by atoms with van der Waals surface area (Å²) in [7, 11) is 0. The molecule has 4 atom stereocenters. The van der Waals surface area contributed by atoms with Gasteiger partial charge < -0.3 is 11.5 Å². The van der Waals surface area contributed by atoms with Crippen molar-refractivity contribution < 1.29 is 14.6 Å². The first kappa shape index (κ1) is 24.1. The van der Waals surface area contributed by atoms with E-state index in [2.05, 4.69) is 31.9 Å². The average Bonchev–Trinajstić information content (AvgIpc) is 2.65. The SMILES string of the molecule is Cc1ccc(C2(N)C(=O)C([N+](=O)[O-])C(=N)C([N+](=O)[O-])C2(N)c2ccc(C)cc2Br)c(Br)c1. The molecule has 1 aliphatic carbocycles. The van der Waals surface area contributed by atoms with E-state index in [1.807, 2.05) is 0 Å². The summed E-state index contributed by atoms with van der Waals surface area (Å²) in [5.74, 6) is -1.20. The third kappa shape index (κ3) is 3.29. The lowest BCUT2D eigenvalue weighted by atomic mass is 9.57. The van der Waals surface area contributed by atoms with E-state index in [1.54, 1.807) is 38.1 Å². The van der Waals surface area contributed by atoms with E-state index in [9.17, 15) is 25.0 Å². The van der Waals surface area contributed by atoms with Crippen LogP contribution in [0.2, 0.25) is 0 Å². The Hall–Kier alpha value is -2.54. The molecular weight excluding hydrogens is 550 g/mol. The molecule has 0 bridgehead atoms. The van der Waals surface area contributed by atoms with Crippen molar-refractivity contribution in [3.63, 3.8) is 0 Å². The second kappa shape index (κ2) is 8.10. The number of halogens is 2. The molecule has 1 saturated carbocycles.